The van der Waals surface area contributed by atoms with Gasteiger partial charge in [0.25, 0.3) is 0 Å². The number of halogens is 2. The lowest BCUT2D eigenvalue weighted by Gasteiger charge is -2.22. The molecule has 1 aliphatic rings. The largest absolute Gasteiger partial charge is 0.507 e. The summed E-state index contributed by atoms with van der Waals surface area (Å²) >= 11 is 0. The Bertz CT molecular complexity index is 1330. The van der Waals surface area contributed by atoms with Gasteiger partial charge in [-0.1, -0.05) is 18.2 Å². The van der Waals surface area contributed by atoms with Crippen LogP contribution in [0.2, 0.25) is 0 Å². The molecule has 2 atom stereocenters. The van der Waals surface area contributed by atoms with Crippen molar-refractivity contribution in [1.29, 1.82) is 0 Å². The van der Waals surface area contributed by atoms with Crippen LogP contribution in [-0.4, -0.2) is 28.7 Å². The van der Waals surface area contributed by atoms with Crippen molar-refractivity contribution in [1.82, 2.24) is 5.32 Å². The molecule has 1 aliphatic carbocycles. The molecular formula is C28H27F2NO5. The van der Waals surface area contributed by atoms with Gasteiger partial charge in [0.2, 0.25) is 5.91 Å². The predicted molar refractivity (Wildman–Crippen MR) is 129 cm³/mol. The van der Waals surface area contributed by atoms with Crippen LogP contribution >= 0.6 is 0 Å². The SMILES string of the molecule is CCOC(=O)C[C@H](NC(=O)Cc1c(F)ccc2c1C2O)c1cc(-c2c(C)cccc2O)cc(C)c1F. The highest BCUT2D eigenvalue weighted by Crippen LogP contribution is 2.44. The van der Waals surface area contributed by atoms with Crippen molar-refractivity contribution >= 4 is 11.9 Å². The normalized spacial score (nSPS) is 14.7. The molecule has 3 N–H and O–H groups in total. The maximum absolute atomic E-state index is 15.4. The van der Waals surface area contributed by atoms with Crippen LogP contribution in [0.15, 0.2) is 42.5 Å². The monoisotopic (exact) mass is 495 g/mol. The third kappa shape index (κ3) is 4.95. The van der Waals surface area contributed by atoms with Gasteiger partial charge in [0.1, 0.15) is 23.5 Å². The summed E-state index contributed by atoms with van der Waals surface area (Å²) < 4.78 is 34.8. The van der Waals surface area contributed by atoms with Crippen LogP contribution in [0.4, 0.5) is 8.78 Å². The molecule has 0 spiro atoms. The molecule has 0 fully saturated rings. The molecule has 0 saturated carbocycles. The number of rotatable bonds is 8. The molecule has 188 valence electrons. The van der Waals surface area contributed by atoms with E-state index in [2.05, 4.69) is 5.32 Å². The molecule has 0 saturated heterocycles. The van der Waals surface area contributed by atoms with Gasteiger partial charge in [0.05, 0.1) is 25.5 Å². The van der Waals surface area contributed by atoms with Gasteiger partial charge >= 0.3 is 5.97 Å². The van der Waals surface area contributed by atoms with Crippen molar-refractivity contribution in [2.75, 3.05) is 6.61 Å². The first-order valence-corrected chi connectivity index (χ1v) is 11.7. The second-order valence-corrected chi connectivity index (χ2v) is 8.90. The predicted octanol–water partition coefficient (Wildman–Crippen LogP) is 4.70. The zero-order chi connectivity index (χ0) is 26.1. The molecule has 0 bridgehead atoms. The fourth-order valence-corrected chi connectivity index (χ4v) is 4.57. The first-order chi connectivity index (χ1) is 17.1. The van der Waals surface area contributed by atoms with Crippen molar-refractivity contribution in [2.24, 2.45) is 0 Å². The minimum absolute atomic E-state index is 0.0118. The molecule has 0 heterocycles. The van der Waals surface area contributed by atoms with Crippen molar-refractivity contribution in [2.45, 2.75) is 45.8 Å². The van der Waals surface area contributed by atoms with E-state index in [1.165, 1.54) is 24.3 Å². The number of fused-ring (bicyclic) bond motifs is 1. The zero-order valence-corrected chi connectivity index (χ0v) is 20.2. The van der Waals surface area contributed by atoms with Gasteiger partial charge in [-0.2, -0.15) is 0 Å². The van der Waals surface area contributed by atoms with E-state index in [1.54, 1.807) is 39.0 Å². The van der Waals surface area contributed by atoms with Gasteiger partial charge in [0, 0.05) is 16.7 Å². The number of ether oxygens (including phenoxy) is 1. The molecule has 1 unspecified atom stereocenters. The van der Waals surface area contributed by atoms with Gasteiger partial charge in [-0.25, -0.2) is 8.78 Å². The van der Waals surface area contributed by atoms with E-state index in [4.69, 9.17) is 4.74 Å². The number of amides is 1. The molecule has 0 aliphatic heterocycles. The molecule has 0 radical (unpaired) electrons. The van der Waals surface area contributed by atoms with E-state index < -0.39 is 35.7 Å². The summed E-state index contributed by atoms with van der Waals surface area (Å²) in [6.45, 7) is 5.10. The van der Waals surface area contributed by atoms with Crippen LogP contribution in [0.5, 0.6) is 5.75 Å². The second-order valence-electron chi connectivity index (χ2n) is 8.90. The standard InChI is InChI=1S/C28H27F2NO5/c1-4-36-24(34)13-21(31-23(33)12-18-20(29)9-8-17-26(18)28(17)35)19-11-16(10-15(3)27(19)30)25-14(2)6-5-7-22(25)32/h5-11,21,28,32,35H,4,12-13H2,1-3H3,(H,31,33)/t21-,28?/m0/s1. The number of aryl methyl sites for hydroxylation is 2. The average molecular weight is 496 g/mol. The molecule has 36 heavy (non-hydrogen) atoms. The molecule has 4 rings (SSSR count). The molecular weight excluding hydrogens is 468 g/mol. The number of benzene rings is 3. The number of aromatic hydroxyl groups is 1. The Morgan fingerprint density at radius 2 is 1.86 bits per heavy atom. The van der Waals surface area contributed by atoms with E-state index in [9.17, 15) is 24.2 Å². The first-order valence-electron chi connectivity index (χ1n) is 11.7. The first kappa shape index (κ1) is 25.3. The fourth-order valence-electron chi connectivity index (χ4n) is 4.57. The van der Waals surface area contributed by atoms with Gasteiger partial charge < -0.3 is 20.3 Å². The quantitative estimate of drug-likeness (QED) is 0.394. The number of phenols is 1. The van der Waals surface area contributed by atoms with Crippen molar-refractivity contribution < 1.29 is 33.3 Å². The number of carbonyl (C=O) groups is 2. The summed E-state index contributed by atoms with van der Waals surface area (Å²) in [5.41, 5.74) is 3.10. The Morgan fingerprint density at radius 1 is 1.11 bits per heavy atom. The van der Waals surface area contributed by atoms with E-state index in [0.29, 0.717) is 22.3 Å². The van der Waals surface area contributed by atoms with Crippen LogP contribution in [0.1, 0.15) is 58.9 Å². The maximum Gasteiger partial charge on any atom is 0.308 e. The lowest BCUT2D eigenvalue weighted by atomic mass is 9.92. The Kier molecular flexibility index (Phi) is 7.08. The Balaban J connectivity index is 1.70. The van der Waals surface area contributed by atoms with E-state index >= 15 is 4.39 Å². The van der Waals surface area contributed by atoms with E-state index in [0.717, 1.165) is 5.56 Å². The van der Waals surface area contributed by atoms with Gasteiger partial charge in [-0.05, 0) is 72.9 Å². The summed E-state index contributed by atoms with van der Waals surface area (Å²) in [6.07, 6.45) is -1.63. The van der Waals surface area contributed by atoms with Crippen LogP contribution in [0, 0.1) is 25.5 Å². The Morgan fingerprint density at radius 3 is 2.56 bits per heavy atom. The summed E-state index contributed by atoms with van der Waals surface area (Å²) in [5.74, 6) is -2.51. The smallest absolute Gasteiger partial charge is 0.308 e. The Hall–Kier alpha value is -3.78. The van der Waals surface area contributed by atoms with Crippen LogP contribution in [0.3, 0.4) is 0 Å². The summed E-state index contributed by atoms with van der Waals surface area (Å²) in [7, 11) is 0. The molecule has 1 amide bonds. The van der Waals surface area contributed by atoms with Gasteiger partial charge in [-0.3, -0.25) is 9.59 Å². The number of carbonyl (C=O) groups excluding carboxylic acids is 2. The topological polar surface area (TPSA) is 95.9 Å². The number of hydrogen-bond donors (Lipinski definition) is 3. The zero-order valence-electron chi connectivity index (χ0n) is 20.2. The van der Waals surface area contributed by atoms with Gasteiger partial charge in [0.15, 0.2) is 0 Å². The van der Waals surface area contributed by atoms with Crippen LogP contribution in [0.25, 0.3) is 11.1 Å². The fraction of sp³-hybridized carbons (Fsp3) is 0.286. The van der Waals surface area contributed by atoms with Crippen LogP contribution in [-0.2, 0) is 20.7 Å². The molecule has 0 aromatic heterocycles. The number of phenolic OH excluding ortho intramolecular Hbond substituents is 1. The summed E-state index contributed by atoms with van der Waals surface area (Å²) in [6, 6.07) is 9.64. The van der Waals surface area contributed by atoms with E-state index in [1.807, 2.05) is 0 Å². The Labute approximate surface area is 207 Å². The minimum Gasteiger partial charge on any atom is -0.507 e. The highest BCUT2D eigenvalue weighted by molar-refractivity contribution is 5.82. The second kappa shape index (κ2) is 10.1. The summed E-state index contributed by atoms with van der Waals surface area (Å²) in [5, 5.41) is 23.0. The number of esters is 1. The third-order valence-electron chi connectivity index (χ3n) is 6.36. The number of aliphatic hydroxyl groups is 1. The lowest BCUT2D eigenvalue weighted by molar-refractivity contribution is -0.143. The summed E-state index contributed by atoms with van der Waals surface area (Å²) in [4.78, 5) is 25.3. The van der Waals surface area contributed by atoms with Crippen molar-refractivity contribution in [3.05, 3.63) is 87.5 Å². The van der Waals surface area contributed by atoms with Gasteiger partial charge in [-0.15, -0.1) is 0 Å². The molecule has 3 aromatic carbocycles. The van der Waals surface area contributed by atoms with Crippen LogP contribution < -0.4 is 5.32 Å². The van der Waals surface area contributed by atoms with Crippen molar-refractivity contribution in [3.8, 4) is 16.9 Å². The molecule has 8 heteroatoms. The number of nitrogens with one attached hydrogen (secondary N) is 1. The lowest BCUT2D eigenvalue weighted by Crippen LogP contribution is -2.32. The molecule has 6 nitrogen and oxygen atoms in total. The van der Waals surface area contributed by atoms with Crippen molar-refractivity contribution in [3.63, 3.8) is 0 Å². The number of aliphatic hydroxyl groups excluding tert-OH is 1. The molecule has 3 aromatic rings. The highest BCUT2D eigenvalue weighted by Gasteiger charge is 2.36. The highest BCUT2D eigenvalue weighted by atomic mass is 19.1. The average Bonchev–Trinajstić information content (AvgIpc) is 3.47. The maximum atomic E-state index is 15.4. The van der Waals surface area contributed by atoms with E-state index in [-0.39, 0.29) is 41.9 Å². The third-order valence-corrected chi connectivity index (χ3v) is 6.36. The minimum atomic E-state index is -1.11. The number of hydrogen-bond acceptors (Lipinski definition) is 5.